The van der Waals surface area contributed by atoms with Gasteiger partial charge < -0.3 is 0 Å². The summed E-state index contributed by atoms with van der Waals surface area (Å²) >= 11 is 5.68. The van der Waals surface area contributed by atoms with E-state index in [0.717, 1.165) is 51.4 Å². The highest BCUT2D eigenvalue weighted by molar-refractivity contribution is 8.00. The first-order valence-electron chi connectivity index (χ1n) is 8.22. The number of fused-ring (bicyclic) bond motifs is 2. The van der Waals surface area contributed by atoms with Gasteiger partial charge in [0.05, 0.1) is 22.3 Å². The zero-order chi connectivity index (χ0) is 15.8. The van der Waals surface area contributed by atoms with Gasteiger partial charge in [0.15, 0.2) is 4.34 Å². The SMILES string of the molecule is CCN1CCc2nc(SCN3CCc4nc(C)sc4C3)sc2C1. The first-order valence-corrected chi connectivity index (χ1v) is 10.8. The molecule has 4 nitrogen and oxygen atoms in total. The Bertz CT molecular complexity index is 694. The van der Waals surface area contributed by atoms with E-state index in [1.807, 2.05) is 34.4 Å². The molecule has 2 aliphatic heterocycles. The summed E-state index contributed by atoms with van der Waals surface area (Å²) in [5.74, 6) is 1.04. The fraction of sp³-hybridized carbons (Fsp3) is 0.625. The largest absolute Gasteiger partial charge is 0.298 e. The number of rotatable bonds is 4. The molecule has 4 rings (SSSR count). The maximum atomic E-state index is 4.87. The number of thioether (sulfide) groups is 1. The van der Waals surface area contributed by atoms with Crippen molar-refractivity contribution in [3.8, 4) is 0 Å². The summed E-state index contributed by atoms with van der Waals surface area (Å²) in [6.07, 6.45) is 2.22. The van der Waals surface area contributed by atoms with Crippen molar-refractivity contribution >= 4 is 34.4 Å². The summed E-state index contributed by atoms with van der Waals surface area (Å²) in [6, 6.07) is 0. The van der Waals surface area contributed by atoms with Gasteiger partial charge in [-0.05, 0) is 13.5 Å². The lowest BCUT2D eigenvalue weighted by Crippen LogP contribution is -2.29. The minimum atomic E-state index is 1.04. The molecular weight excluding hydrogens is 344 g/mol. The molecule has 2 aromatic heterocycles. The summed E-state index contributed by atoms with van der Waals surface area (Å²) in [6.45, 7) is 9.94. The van der Waals surface area contributed by atoms with Gasteiger partial charge in [-0.2, -0.15) is 0 Å². The summed E-state index contributed by atoms with van der Waals surface area (Å²) in [5, 5.41) is 1.21. The molecule has 0 aromatic carbocycles. The number of aromatic nitrogens is 2. The molecule has 124 valence electrons. The fourth-order valence-electron chi connectivity index (χ4n) is 3.19. The second kappa shape index (κ2) is 6.80. The van der Waals surface area contributed by atoms with E-state index in [4.69, 9.17) is 4.98 Å². The van der Waals surface area contributed by atoms with Gasteiger partial charge in [-0.25, -0.2) is 9.97 Å². The molecular formula is C16H22N4S3. The van der Waals surface area contributed by atoms with E-state index in [9.17, 15) is 0 Å². The van der Waals surface area contributed by atoms with Crippen LogP contribution in [0.25, 0.3) is 0 Å². The quantitative estimate of drug-likeness (QED) is 0.775. The maximum absolute atomic E-state index is 4.87. The fourth-order valence-corrected chi connectivity index (χ4v) is 6.48. The molecule has 0 fully saturated rings. The van der Waals surface area contributed by atoms with Crippen LogP contribution in [0, 0.1) is 6.92 Å². The lowest BCUT2D eigenvalue weighted by molar-refractivity contribution is 0.269. The molecule has 23 heavy (non-hydrogen) atoms. The highest BCUT2D eigenvalue weighted by atomic mass is 32.2. The van der Waals surface area contributed by atoms with E-state index in [1.54, 1.807) is 0 Å². The summed E-state index contributed by atoms with van der Waals surface area (Å²) in [5.41, 5.74) is 2.68. The highest BCUT2D eigenvalue weighted by Gasteiger charge is 2.22. The number of hydrogen-bond donors (Lipinski definition) is 0. The first-order chi connectivity index (χ1) is 11.2. The van der Waals surface area contributed by atoms with Gasteiger partial charge >= 0.3 is 0 Å². The Balaban J connectivity index is 1.36. The topological polar surface area (TPSA) is 32.3 Å². The predicted molar refractivity (Wildman–Crippen MR) is 98.5 cm³/mol. The van der Waals surface area contributed by atoms with Crippen LogP contribution in [0.1, 0.15) is 33.1 Å². The van der Waals surface area contributed by atoms with Crippen molar-refractivity contribution in [1.29, 1.82) is 0 Å². The van der Waals surface area contributed by atoms with Gasteiger partial charge in [0.25, 0.3) is 0 Å². The van der Waals surface area contributed by atoms with Crippen LogP contribution in [0.3, 0.4) is 0 Å². The average Bonchev–Trinajstić information content (AvgIpc) is 3.13. The van der Waals surface area contributed by atoms with E-state index in [2.05, 4.69) is 28.6 Å². The van der Waals surface area contributed by atoms with Crippen molar-refractivity contribution < 1.29 is 0 Å². The van der Waals surface area contributed by atoms with Crippen LogP contribution >= 0.6 is 34.4 Å². The molecule has 0 unspecified atom stereocenters. The summed E-state index contributed by atoms with van der Waals surface area (Å²) in [4.78, 5) is 17.5. The Morgan fingerprint density at radius 2 is 1.70 bits per heavy atom. The van der Waals surface area contributed by atoms with Crippen molar-refractivity contribution in [2.24, 2.45) is 0 Å². The molecule has 0 spiro atoms. The number of likely N-dealkylation sites (N-methyl/N-ethyl adjacent to an activating group) is 1. The molecule has 7 heteroatoms. The van der Waals surface area contributed by atoms with Gasteiger partial charge in [-0.3, -0.25) is 9.80 Å². The van der Waals surface area contributed by atoms with Crippen molar-refractivity contribution in [2.45, 2.75) is 44.1 Å². The Kier molecular flexibility index (Phi) is 4.74. The van der Waals surface area contributed by atoms with E-state index < -0.39 is 0 Å². The van der Waals surface area contributed by atoms with E-state index in [-0.39, 0.29) is 0 Å². The average molecular weight is 367 g/mol. The third-order valence-corrected chi connectivity index (χ3v) is 7.84. The van der Waals surface area contributed by atoms with Crippen LogP contribution in [0.5, 0.6) is 0 Å². The monoisotopic (exact) mass is 366 g/mol. The first kappa shape index (κ1) is 16.0. The van der Waals surface area contributed by atoms with Crippen molar-refractivity contribution in [3.63, 3.8) is 0 Å². The van der Waals surface area contributed by atoms with Crippen LogP contribution in [0.2, 0.25) is 0 Å². The van der Waals surface area contributed by atoms with E-state index >= 15 is 0 Å². The minimum Gasteiger partial charge on any atom is -0.298 e. The van der Waals surface area contributed by atoms with Crippen LogP contribution < -0.4 is 0 Å². The molecule has 0 amide bonds. The predicted octanol–water partition coefficient (Wildman–Crippen LogP) is 3.39. The maximum Gasteiger partial charge on any atom is 0.151 e. The van der Waals surface area contributed by atoms with Crippen LogP contribution in [0.15, 0.2) is 4.34 Å². The van der Waals surface area contributed by atoms with E-state index in [1.165, 1.54) is 30.5 Å². The van der Waals surface area contributed by atoms with Gasteiger partial charge in [0.1, 0.15) is 0 Å². The summed E-state index contributed by atoms with van der Waals surface area (Å²) < 4.78 is 1.25. The van der Waals surface area contributed by atoms with Crippen LogP contribution in [-0.4, -0.2) is 45.3 Å². The Morgan fingerprint density at radius 1 is 1.00 bits per heavy atom. The lowest BCUT2D eigenvalue weighted by atomic mass is 10.2. The van der Waals surface area contributed by atoms with Crippen LogP contribution in [0.4, 0.5) is 0 Å². The number of nitrogens with zero attached hydrogens (tertiary/aromatic N) is 4. The second-order valence-corrected chi connectivity index (χ2v) is 9.71. The summed E-state index contributed by atoms with van der Waals surface area (Å²) in [7, 11) is 0. The second-order valence-electron chi connectivity index (χ2n) is 6.15. The van der Waals surface area contributed by atoms with Gasteiger partial charge in [0.2, 0.25) is 0 Å². The molecule has 0 saturated carbocycles. The minimum absolute atomic E-state index is 1.04. The standard InChI is InChI=1S/C16H22N4S3/c1-3-19-6-4-13-15(8-19)23-16(18-13)21-10-20-7-5-12-14(9-20)22-11(2)17-12/h3-10H2,1-2H3. The molecule has 0 bridgehead atoms. The van der Waals surface area contributed by atoms with Gasteiger partial charge in [0, 0.05) is 48.8 Å². The molecule has 4 heterocycles. The van der Waals surface area contributed by atoms with E-state index in [0.29, 0.717) is 0 Å². The van der Waals surface area contributed by atoms with Crippen molar-refractivity contribution in [2.75, 3.05) is 25.5 Å². The number of hydrogen-bond acceptors (Lipinski definition) is 7. The van der Waals surface area contributed by atoms with Crippen molar-refractivity contribution in [1.82, 2.24) is 19.8 Å². The molecule has 0 radical (unpaired) electrons. The normalized spacial score (nSPS) is 18.9. The third kappa shape index (κ3) is 3.49. The zero-order valence-electron chi connectivity index (χ0n) is 13.7. The third-order valence-electron chi connectivity index (χ3n) is 4.53. The zero-order valence-corrected chi connectivity index (χ0v) is 16.1. The number of aryl methyl sites for hydroxylation is 1. The molecule has 2 aliphatic rings. The lowest BCUT2D eigenvalue weighted by Gasteiger charge is -2.24. The van der Waals surface area contributed by atoms with Gasteiger partial charge in [-0.15, -0.1) is 22.7 Å². The smallest absolute Gasteiger partial charge is 0.151 e. The molecule has 0 aliphatic carbocycles. The highest BCUT2D eigenvalue weighted by Crippen LogP contribution is 2.33. The van der Waals surface area contributed by atoms with Crippen molar-refractivity contribution in [3.05, 3.63) is 26.1 Å². The Labute approximate surface area is 149 Å². The molecule has 0 N–H and O–H groups in total. The van der Waals surface area contributed by atoms with Crippen LogP contribution in [-0.2, 0) is 25.9 Å². The Morgan fingerprint density at radius 3 is 2.52 bits per heavy atom. The molecule has 0 atom stereocenters. The molecule has 0 saturated heterocycles. The molecule has 2 aromatic rings. The Hall–Kier alpha value is -0.470. The number of thiazole rings is 2. The van der Waals surface area contributed by atoms with Gasteiger partial charge in [-0.1, -0.05) is 18.7 Å².